The van der Waals surface area contributed by atoms with Crippen LogP contribution in [0.2, 0.25) is 0 Å². The van der Waals surface area contributed by atoms with Crippen LogP contribution in [0.15, 0.2) is 41.3 Å². The lowest BCUT2D eigenvalue weighted by atomic mass is 10.0. The number of nitrogens with zero attached hydrogens (tertiary/aromatic N) is 3. The third-order valence-electron chi connectivity index (χ3n) is 8.50. The molecule has 5 heterocycles. The molecule has 43 heavy (non-hydrogen) atoms. The number of ether oxygens (including phenoxy) is 1. The maximum absolute atomic E-state index is 16.0. The molecular weight excluding hydrogens is 559 g/mol. The fourth-order valence-electron chi connectivity index (χ4n) is 6.43. The molecule has 3 saturated heterocycles. The Balaban J connectivity index is 1.23. The number of benzene rings is 2. The van der Waals surface area contributed by atoms with Crippen molar-refractivity contribution in [3.8, 4) is 17.2 Å². The largest absolute Gasteiger partial charge is 0.451 e. The summed E-state index contributed by atoms with van der Waals surface area (Å²) in [5.74, 6) is -1.40. The number of halogens is 1. The lowest BCUT2D eigenvalue weighted by Crippen LogP contribution is -2.41. The van der Waals surface area contributed by atoms with E-state index in [-0.39, 0.29) is 47.3 Å². The van der Waals surface area contributed by atoms with Crippen LogP contribution in [-0.4, -0.2) is 71.5 Å². The number of carbonyl (C=O) groups excluding carboxylic acids is 4. The summed E-state index contributed by atoms with van der Waals surface area (Å²) < 4.78 is 24.0. The number of rotatable bonds is 5. The van der Waals surface area contributed by atoms with Gasteiger partial charge in [-0.15, -0.1) is 0 Å². The van der Waals surface area contributed by atoms with Gasteiger partial charge in [-0.2, -0.15) is 0 Å². The van der Waals surface area contributed by atoms with Gasteiger partial charge in [-0.25, -0.2) is 9.18 Å². The predicted octanol–water partition coefficient (Wildman–Crippen LogP) is 2.15. The number of fused-ring (bicyclic) bond motifs is 2. The van der Waals surface area contributed by atoms with Crippen molar-refractivity contribution in [3.05, 3.63) is 58.1 Å². The zero-order valence-electron chi connectivity index (χ0n) is 23.2. The van der Waals surface area contributed by atoms with Gasteiger partial charge in [0.15, 0.2) is 17.3 Å². The summed E-state index contributed by atoms with van der Waals surface area (Å²) in [5.41, 5.74) is 0.585. The molecule has 5 amide bonds. The van der Waals surface area contributed by atoms with Gasteiger partial charge in [0.05, 0.1) is 17.5 Å². The zero-order valence-corrected chi connectivity index (χ0v) is 23.2. The highest BCUT2D eigenvalue weighted by atomic mass is 19.1. The molecule has 1 aromatic heterocycles. The third-order valence-corrected chi connectivity index (χ3v) is 8.50. The number of pyridine rings is 1. The van der Waals surface area contributed by atoms with Crippen LogP contribution < -0.4 is 31.0 Å². The second-order valence-electron chi connectivity index (χ2n) is 11.3. The first-order chi connectivity index (χ1) is 20.8. The van der Waals surface area contributed by atoms with Crippen molar-refractivity contribution in [2.24, 2.45) is 0 Å². The minimum atomic E-state index is -0.940. The molecule has 0 aliphatic carbocycles. The molecule has 4 aliphatic heterocycles. The normalized spacial score (nSPS) is 20.9. The van der Waals surface area contributed by atoms with Gasteiger partial charge in [-0.1, -0.05) is 12.1 Å². The van der Waals surface area contributed by atoms with Crippen LogP contribution >= 0.6 is 0 Å². The van der Waals surface area contributed by atoms with Gasteiger partial charge < -0.3 is 29.7 Å². The van der Waals surface area contributed by atoms with Gasteiger partial charge in [-0.3, -0.25) is 24.5 Å². The highest BCUT2D eigenvalue weighted by Gasteiger charge is 2.36. The molecule has 0 saturated carbocycles. The van der Waals surface area contributed by atoms with E-state index in [4.69, 9.17) is 4.74 Å². The fourth-order valence-corrected chi connectivity index (χ4v) is 6.43. The number of urea groups is 1. The van der Waals surface area contributed by atoms with Crippen LogP contribution in [0, 0.1) is 5.82 Å². The molecule has 2 aromatic carbocycles. The Hall–Kier alpha value is -4.94. The molecule has 12 nitrogen and oxygen atoms in total. The van der Waals surface area contributed by atoms with Crippen molar-refractivity contribution in [2.75, 3.05) is 31.1 Å². The van der Waals surface area contributed by atoms with E-state index in [1.165, 1.54) is 6.07 Å². The molecule has 0 radical (unpaired) electrons. The molecule has 3 N–H and O–H groups in total. The van der Waals surface area contributed by atoms with E-state index in [1.807, 2.05) is 12.1 Å². The number of hydrogen-bond donors (Lipinski definition) is 3. The zero-order chi connectivity index (χ0) is 29.8. The number of likely N-dealkylation sites (tertiary alicyclic amines) is 1. The average Bonchev–Trinajstić information content (AvgIpc) is 3.58. The van der Waals surface area contributed by atoms with Crippen molar-refractivity contribution < 1.29 is 28.3 Å². The molecule has 7 rings (SSSR count). The lowest BCUT2D eigenvalue weighted by Gasteiger charge is -2.30. The summed E-state index contributed by atoms with van der Waals surface area (Å²) >= 11 is 0. The van der Waals surface area contributed by atoms with Crippen LogP contribution in [0.4, 0.5) is 14.9 Å². The topological polar surface area (TPSA) is 142 Å². The minimum Gasteiger partial charge on any atom is -0.451 e. The van der Waals surface area contributed by atoms with E-state index in [0.717, 1.165) is 19.3 Å². The van der Waals surface area contributed by atoms with Gasteiger partial charge >= 0.3 is 6.03 Å². The average molecular weight is 589 g/mol. The van der Waals surface area contributed by atoms with Crippen LogP contribution in [0.3, 0.4) is 0 Å². The van der Waals surface area contributed by atoms with Crippen molar-refractivity contribution in [1.29, 1.82) is 0 Å². The summed E-state index contributed by atoms with van der Waals surface area (Å²) in [6.07, 6.45) is 4.60. The summed E-state index contributed by atoms with van der Waals surface area (Å²) in [6.45, 7) is 1.79. The number of nitrogens with one attached hydrogen (secondary N) is 3. The number of para-hydroxylation sites is 2. The van der Waals surface area contributed by atoms with E-state index in [0.29, 0.717) is 43.0 Å². The molecule has 2 atom stereocenters. The van der Waals surface area contributed by atoms with Gasteiger partial charge in [0, 0.05) is 38.4 Å². The molecule has 0 bridgehead atoms. The first-order valence-corrected chi connectivity index (χ1v) is 14.4. The SMILES string of the molecule is O=C(CC1NC(=O)NC1=O)NC1CCN(c2c(F)cc3c(=O)c(C(=O)N4CCCCC4)cn4c3c2Oc2ccccc2-4)C1. The van der Waals surface area contributed by atoms with Gasteiger partial charge in [-0.05, 0) is 43.9 Å². The third kappa shape index (κ3) is 4.64. The summed E-state index contributed by atoms with van der Waals surface area (Å²) in [6, 6.07) is 6.41. The van der Waals surface area contributed by atoms with Gasteiger partial charge in [0.25, 0.3) is 11.8 Å². The quantitative estimate of drug-likeness (QED) is 0.304. The fraction of sp³-hybridized carbons (Fsp3) is 0.367. The van der Waals surface area contributed by atoms with E-state index < -0.39 is 35.1 Å². The van der Waals surface area contributed by atoms with E-state index in [2.05, 4.69) is 16.0 Å². The maximum Gasteiger partial charge on any atom is 0.322 e. The Labute approximate surface area is 244 Å². The molecule has 4 aliphatic rings. The van der Waals surface area contributed by atoms with Crippen molar-refractivity contribution in [1.82, 2.24) is 25.4 Å². The van der Waals surface area contributed by atoms with E-state index in [9.17, 15) is 24.0 Å². The smallest absolute Gasteiger partial charge is 0.322 e. The molecule has 2 unspecified atom stereocenters. The first kappa shape index (κ1) is 26.9. The predicted molar refractivity (Wildman–Crippen MR) is 153 cm³/mol. The van der Waals surface area contributed by atoms with Crippen molar-refractivity contribution in [2.45, 2.75) is 44.2 Å². The Kier molecular flexibility index (Phi) is 6.51. The van der Waals surface area contributed by atoms with Crippen LogP contribution in [0.5, 0.6) is 11.5 Å². The number of hydrogen-bond acceptors (Lipinski definition) is 7. The molecule has 0 spiro atoms. The Morgan fingerprint density at radius 3 is 2.63 bits per heavy atom. The van der Waals surface area contributed by atoms with Crippen LogP contribution in [-0.2, 0) is 9.59 Å². The number of imide groups is 1. The van der Waals surface area contributed by atoms with Crippen molar-refractivity contribution in [3.63, 3.8) is 0 Å². The number of piperidine rings is 1. The number of carbonyl (C=O) groups is 4. The first-order valence-electron chi connectivity index (χ1n) is 14.4. The summed E-state index contributed by atoms with van der Waals surface area (Å²) in [7, 11) is 0. The van der Waals surface area contributed by atoms with Crippen molar-refractivity contribution >= 4 is 40.3 Å². The Morgan fingerprint density at radius 1 is 1.07 bits per heavy atom. The second kappa shape index (κ2) is 10.4. The highest BCUT2D eigenvalue weighted by Crippen LogP contribution is 2.47. The van der Waals surface area contributed by atoms with Gasteiger partial charge in [0.2, 0.25) is 11.3 Å². The number of amides is 5. The van der Waals surface area contributed by atoms with E-state index >= 15 is 4.39 Å². The van der Waals surface area contributed by atoms with Gasteiger partial charge in [0.1, 0.15) is 22.8 Å². The second-order valence-corrected chi connectivity index (χ2v) is 11.3. The lowest BCUT2D eigenvalue weighted by molar-refractivity contribution is -0.126. The number of aromatic nitrogens is 1. The molecule has 3 aromatic rings. The monoisotopic (exact) mass is 588 g/mol. The van der Waals surface area contributed by atoms with Crippen LogP contribution in [0.25, 0.3) is 16.6 Å². The summed E-state index contributed by atoms with van der Waals surface area (Å²) in [4.78, 5) is 66.4. The Bertz CT molecular complexity index is 1770. The summed E-state index contributed by atoms with van der Waals surface area (Å²) in [5, 5.41) is 7.41. The minimum absolute atomic E-state index is 0.0136. The number of anilines is 1. The molecular formula is C30H29FN6O6. The Morgan fingerprint density at radius 2 is 1.86 bits per heavy atom. The standard InChI is InChI=1S/C30H29FN6O6/c31-19-12-17-24-27(25(19)36-11-8-16(14-36)32-23(38)13-20-28(40)34-30(42)33-20)43-22-7-3-2-6-21(22)37(24)15-18(26(17)39)29(41)35-9-4-1-5-10-35/h2-3,6-7,12,15-16,20H,1,4-5,8-11,13-14H2,(H,32,38)(H2,33,34,40,42). The maximum atomic E-state index is 16.0. The highest BCUT2D eigenvalue weighted by molar-refractivity contribution is 6.06. The van der Waals surface area contributed by atoms with Crippen LogP contribution in [0.1, 0.15) is 42.5 Å². The molecule has 222 valence electrons. The van der Waals surface area contributed by atoms with E-state index in [1.54, 1.807) is 32.7 Å². The molecule has 13 heteroatoms. The molecule has 3 fully saturated rings.